The molecular weight excluding hydrogens is 372 g/mol. The summed E-state index contributed by atoms with van der Waals surface area (Å²) in [6.07, 6.45) is 1.45. The van der Waals surface area contributed by atoms with E-state index in [4.69, 9.17) is 21.4 Å². The van der Waals surface area contributed by atoms with Gasteiger partial charge in [0.05, 0.1) is 23.0 Å². The Balaban J connectivity index is 2.04. The number of carboxylic acid groups (broad SMARTS) is 1. The third-order valence-electron chi connectivity index (χ3n) is 3.97. The van der Waals surface area contributed by atoms with Crippen LogP contribution in [0, 0.1) is 5.92 Å². The number of aromatic nitrogens is 1. The van der Waals surface area contributed by atoms with Gasteiger partial charge in [0.2, 0.25) is 0 Å². The smallest absolute Gasteiger partial charge is 0.308 e. The van der Waals surface area contributed by atoms with Crippen molar-refractivity contribution in [3.05, 3.63) is 63.5 Å². The van der Waals surface area contributed by atoms with Crippen LogP contribution in [0.3, 0.4) is 0 Å². The number of aliphatic carboxylic acids is 1. The predicted octanol–water partition coefficient (Wildman–Crippen LogP) is 2.37. The molecule has 0 saturated heterocycles. The zero-order valence-corrected chi connectivity index (χ0v) is 15.8. The lowest BCUT2D eigenvalue weighted by Crippen LogP contribution is -2.34. The monoisotopic (exact) mass is 392 g/mol. The Morgan fingerprint density at radius 2 is 1.96 bits per heavy atom. The Kier molecular flexibility index (Phi) is 7.01. The molecule has 2 rings (SSSR count). The second kappa shape index (κ2) is 9.23. The lowest BCUT2D eigenvalue weighted by molar-refractivity contribution is -0.141. The number of hydrogen-bond acceptors (Lipinski definition) is 4. The van der Waals surface area contributed by atoms with Gasteiger partial charge in [-0.15, -0.1) is 0 Å². The van der Waals surface area contributed by atoms with E-state index in [1.807, 2.05) is 0 Å². The lowest BCUT2D eigenvalue weighted by Gasteiger charge is -2.20. The number of rotatable bonds is 8. The highest BCUT2D eigenvalue weighted by Crippen LogP contribution is 2.22. The minimum Gasteiger partial charge on any atom is -0.490 e. The van der Waals surface area contributed by atoms with E-state index < -0.39 is 11.9 Å². The van der Waals surface area contributed by atoms with Crippen molar-refractivity contribution in [3.63, 3.8) is 0 Å². The van der Waals surface area contributed by atoms with E-state index >= 15 is 0 Å². The standard InChI is InChI=1S/C19H21ClN2O5/c1-13(19(25)26)11-21(2)18(24)14-7-8-17(23)22(12-14)9-10-27-16-6-4-3-5-15(16)20/h3-8,12-13H,9-11H2,1-2H3,(H,25,26). The van der Waals surface area contributed by atoms with Gasteiger partial charge in [0.1, 0.15) is 12.4 Å². The van der Waals surface area contributed by atoms with E-state index in [0.717, 1.165) is 0 Å². The number of carbonyl (C=O) groups is 2. The normalized spacial score (nSPS) is 11.7. The molecule has 1 atom stereocenters. The number of amides is 1. The summed E-state index contributed by atoms with van der Waals surface area (Å²) < 4.78 is 6.94. The van der Waals surface area contributed by atoms with Gasteiger partial charge in [0, 0.05) is 25.9 Å². The van der Waals surface area contributed by atoms with E-state index in [1.54, 1.807) is 24.3 Å². The van der Waals surface area contributed by atoms with Crippen LogP contribution in [0.5, 0.6) is 5.75 Å². The molecule has 0 radical (unpaired) electrons. The fraction of sp³-hybridized carbons (Fsp3) is 0.316. The van der Waals surface area contributed by atoms with Crippen LogP contribution in [-0.2, 0) is 11.3 Å². The minimum atomic E-state index is -0.976. The first-order chi connectivity index (χ1) is 12.8. The quantitative estimate of drug-likeness (QED) is 0.745. The number of carboxylic acids is 1. The number of para-hydroxylation sites is 1. The Morgan fingerprint density at radius 3 is 2.63 bits per heavy atom. The topological polar surface area (TPSA) is 88.8 Å². The second-order valence-corrected chi connectivity index (χ2v) is 6.56. The number of nitrogens with zero attached hydrogens (tertiary/aromatic N) is 2. The van der Waals surface area contributed by atoms with Gasteiger partial charge in [-0.3, -0.25) is 14.4 Å². The van der Waals surface area contributed by atoms with E-state index in [1.165, 1.54) is 41.8 Å². The largest absolute Gasteiger partial charge is 0.490 e. The van der Waals surface area contributed by atoms with Gasteiger partial charge < -0.3 is 19.3 Å². The molecule has 1 unspecified atom stereocenters. The summed E-state index contributed by atoms with van der Waals surface area (Å²) >= 11 is 6.02. The molecule has 0 fully saturated rings. The molecule has 144 valence electrons. The van der Waals surface area contributed by atoms with Crippen molar-refractivity contribution in [1.82, 2.24) is 9.47 Å². The molecule has 0 aliphatic rings. The van der Waals surface area contributed by atoms with Crippen molar-refractivity contribution in [2.75, 3.05) is 20.2 Å². The van der Waals surface area contributed by atoms with Gasteiger partial charge in [-0.2, -0.15) is 0 Å². The molecule has 8 heteroatoms. The van der Waals surface area contributed by atoms with Gasteiger partial charge >= 0.3 is 5.97 Å². The molecule has 1 aromatic carbocycles. The fourth-order valence-electron chi connectivity index (χ4n) is 2.44. The zero-order chi connectivity index (χ0) is 20.0. The van der Waals surface area contributed by atoms with Gasteiger partial charge in [0.15, 0.2) is 0 Å². The molecule has 2 aromatic rings. The number of halogens is 1. The van der Waals surface area contributed by atoms with E-state index in [-0.39, 0.29) is 31.2 Å². The average Bonchev–Trinajstić information content (AvgIpc) is 2.64. The van der Waals surface area contributed by atoms with Crippen molar-refractivity contribution in [2.24, 2.45) is 5.92 Å². The van der Waals surface area contributed by atoms with Gasteiger partial charge in [-0.05, 0) is 18.2 Å². The fourth-order valence-corrected chi connectivity index (χ4v) is 2.63. The van der Waals surface area contributed by atoms with Crippen LogP contribution in [0.1, 0.15) is 17.3 Å². The van der Waals surface area contributed by atoms with Crippen molar-refractivity contribution in [2.45, 2.75) is 13.5 Å². The number of ether oxygens (including phenoxy) is 1. The average molecular weight is 393 g/mol. The van der Waals surface area contributed by atoms with Crippen LogP contribution in [0.2, 0.25) is 5.02 Å². The number of hydrogen-bond donors (Lipinski definition) is 1. The molecule has 0 spiro atoms. The van der Waals surface area contributed by atoms with E-state index in [2.05, 4.69) is 0 Å². The maximum absolute atomic E-state index is 12.5. The number of benzene rings is 1. The third kappa shape index (κ3) is 5.59. The van der Waals surface area contributed by atoms with Crippen LogP contribution < -0.4 is 10.3 Å². The molecule has 1 amide bonds. The summed E-state index contributed by atoms with van der Waals surface area (Å²) in [7, 11) is 1.53. The highest BCUT2D eigenvalue weighted by Gasteiger charge is 2.19. The molecule has 27 heavy (non-hydrogen) atoms. The summed E-state index contributed by atoms with van der Waals surface area (Å²) in [5.74, 6) is -1.50. The molecule has 0 aliphatic carbocycles. The molecule has 7 nitrogen and oxygen atoms in total. The van der Waals surface area contributed by atoms with Crippen LogP contribution >= 0.6 is 11.6 Å². The Hall–Kier alpha value is -2.80. The van der Waals surface area contributed by atoms with Crippen molar-refractivity contribution < 1.29 is 19.4 Å². The molecule has 1 N–H and O–H groups in total. The Morgan fingerprint density at radius 1 is 1.26 bits per heavy atom. The number of pyridine rings is 1. The first-order valence-corrected chi connectivity index (χ1v) is 8.73. The molecular formula is C19H21ClN2O5. The summed E-state index contributed by atoms with van der Waals surface area (Å²) in [5.41, 5.74) is 0.0308. The summed E-state index contributed by atoms with van der Waals surface area (Å²) in [4.78, 5) is 36.8. The highest BCUT2D eigenvalue weighted by molar-refractivity contribution is 6.32. The van der Waals surface area contributed by atoms with Crippen LogP contribution in [0.4, 0.5) is 0 Å². The van der Waals surface area contributed by atoms with Gasteiger partial charge in [-0.1, -0.05) is 30.7 Å². The molecule has 0 bridgehead atoms. The molecule has 0 aliphatic heterocycles. The van der Waals surface area contributed by atoms with Crippen molar-refractivity contribution in [1.29, 1.82) is 0 Å². The Labute approximate surface area is 161 Å². The molecule has 0 saturated carbocycles. The maximum Gasteiger partial charge on any atom is 0.308 e. The first-order valence-electron chi connectivity index (χ1n) is 8.35. The second-order valence-electron chi connectivity index (χ2n) is 6.15. The Bertz CT molecular complexity index is 880. The van der Waals surface area contributed by atoms with E-state index in [0.29, 0.717) is 16.3 Å². The maximum atomic E-state index is 12.5. The molecule has 1 heterocycles. The predicted molar refractivity (Wildman–Crippen MR) is 101 cm³/mol. The zero-order valence-electron chi connectivity index (χ0n) is 15.1. The van der Waals surface area contributed by atoms with Gasteiger partial charge in [-0.25, -0.2) is 0 Å². The van der Waals surface area contributed by atoms with Crippen LogP contribution in [-0.4, -0.2) is 46.6 Å². The lowest BCUT2D eigenvalue weighted by atomic mass is 10.1. The third-order valence-corrected chi connectivity index (χ3v) is 4.29. The SMILES string of the molecule is CC(CN(C)C(=O)c1ccc(=O)n(CCOc2ccccc2Cl)c1)C(=O)O. The summed E-state index contributed by atoms with van der Waals surface area (Å²) in [6.45, 7) is 2.04. The van der Waals surface area contributed by atoms with Crippen LogP contribution in [0.25, 0.3) is 0 Å². The minimum absolute atomic E-state index is 0.0723. The van der Waals surface area contributed by atoms with E-state index in [9.17, 15) is 14.4 Å². The van der Waals surface area contributed by atoms with Gasteiger partial charge in [0.25, 0.3) is 11.5 Å². The number of carbonyl (C=O) groups excluding carboxylic acids is 1. The van der Waals surface area contributed by atoms with Crippen LogP contribution in [0.15, 0.2) is 47.4 Å². The van der Waals surface area contributed by atoms with Crippen molar-refractivity contribution in [3.8, 4) is 5.75 Å². The highest BCUT2D eigenvalue weighted by atomic mass is 35.5. The van der Waals surface area contributed by atoms with Crippen molar-refractivity contribution >= 4 is 23.5 Å². The summed E-state index contributed by atoms with van der Waals surface area (Å²) in [6, 6.07) is 9.74. The summed E-state index contributed by atoms with van der Waals surface area (Å²) in [5, 5.41) is 9.44. The molecule has 1 aromatic heterocycles. The first kappa shape index (κ1) is 20.5.